The number of hydrogen-bond donors (Lipinski definition) is 1. The molecule has 1 aliphatic heterocycles. The molecular formula is C18H24N2O5. The zero-order valence-electron chi connectivity index (χ0n) is 15.0. The van der Waals surface area contributed by atoms with Gasteiger partial charge in [-0.1, -0.05) is 12.1 Å². The second kappa shape index (κ2) is 7.55. The highest BCUT2D eigenvalue weighted by atomic mass is 16.6. The number of nitrogens with zero attached hydrogens (tertiary/aromatic N) is 1. The summed E-state index contributed by atoms with van der Waals surface area (Å²) in [4.78, 5) is 37.1. The number of hydrogen-bond acceptors (Lipinski definition) is 5. The largest absolute Gasteiger partial charge is 0.469 e. The summed E-state index contributed by atoms with van der Waals surface area (Å²) in [7, 11) is 1.32. The van der Waals surface area contributed by atoms with Crippen molar-refractivity contribution in [3.63, 3.8) is 0 Å². The van der Waals surface area contributed by atoms with E-state index >= 15 is 0 Å². The predicted molar refractivity (Wildman–Crippen MR) is 92.0 cm³/mol. The van der Waals surface area contributed by atoms with Crippen LogP contribution in [0.15, 0.2) is 24.3 Å². The fourth-order valence-electron chi connectivity index (χ4n) is 2.60. The lowest BCUT2D eigenvalue weighted by Gasteiger charge is -2.20. The topological polar surface area (TPSA) is 84.9 Å². The molecular weight excluding hydrogens is 324 g/mol. The molecule has 1 atom stereocenters. The van der Waals surface area contributed by atoms with Gasteiger partial charge < -0.3 is 19.7 Å². The van der Waals surface area contributed by atoms with Crippen molar-refractivity contribution in [2.75, 3.05) is 18.6 Å². The Balaban J connectivity index is 2.00. The summed E-state index contributed by atoms with van der Waals surface area (Å²) < 4.78 is 9.91. The van der Waals surface area contributed by atoms with Crippen molar-refractivity contribution >= 4 is 23.7 Å². The molecule has 136 valence electrons. The highest BCUT2D eigenvalue weighted by Gasteiger charge is 2.35. The van der Waals surface area contributed by atoms with Gasteiger partial charge in [0, 0.05) is 25.2 Å². The van der Waals surface area contributed by atoms with Crippen molar-refractivity contribution in [1.82, 2.24) is 5.32 Å². The summed E-state index contributed by atoms with van der Waals surface area (Å²) in [5, 5.41) is 2.68. The maximum atomic E-state index is 12.2. The van der Waals surface area contributed by atoms with Crippen LogP contribution in [-0.2, 0) is 25.6 Å². The third-order valence-corrected chi connectivity index (χ3v) is 3.72. The zero-order valence-corrected chi connectivity index (χ0v) is 15.0. The molecule has 1 unspecified atom stereocenters. The fourth-order valence-corrected chi connectivity index (χ4v) is 2.60. The van der Waals surface area contributed by atoms with Gasteiger partial charge in [-0.3, -0.25) is 9.59 Å². The molecule has 1 aliphatic rings. The highest BCUT2D eigenvalue weighted by Crippen LogP contribution is 2.26. The molecule has 1 saturated heterocycles. The van der Waals surface area contributed by atoms with E-state index in [1.165, 1.54) is 7.11 Å². The summed E-state index contributed by atoms with van der Waals surface area (Å²) in [5.74, 6) is -0.938. The molecule has 1 aromatic carbocycles. The van der Waals surface area contributed by atoms with Crippen LogP contribution in [0.4, 0.5) is 10.5 Å². The molecule has 2 amide bonds. The molecule has 1 N–H and O–H groups in total. The Hall–Kier alpha value is -2.57. The van der Waals surface area contributed by atoms with Crippen LogP contribution in [0.25, 0.3) is 0 Å². The van der Waals surface area contributed by atoms with Crippen molar-refractivity contribution in [2.24, 2.45) is 5.92 Å². The van der Waals surface area contributed by atoms with Crippen molar-refractivity contribution in [2.45, 2.75) is 39.3 Å². The van der Waals surface area contributed by atoms with Crippen LogP contribution in [0.2, 0.25) is 0 Å². The van der Waals surface area contributed by atoms with E-state index in [0.29, 0.717) is 12.2 Å². The van der Waals surface area contributed by atoms with Gasteiger partial charge in [-0.2, -0.15) is 0 Å². The molecule has 1 heterocycles. The van der Waals surface area contributed by atoms with Crippen LogP contribution in [0.5, 0.6) is 0 Å². The first-order valence-corrected chi connectivity index (χ1v) is 8.13. The van der Waals surface area contributed by atoms with Crippen LogP contribution >= 0.6 is 0 Å². The molecule has 25 heavy (non-hydrogen) atoms. The molecule has 0 aromatic heterocycles. The Kier molecular flexibility index (Phi) is 5.66. The number of benzene rings is 1. The lowest BCUT2D eigenvalue weighted by molar-refractivity contribution is -0.145. The first-order chi connectivity index (χ1) is 11.7. The standard InChI is InChI=1S/C18H24N2O5/c1-18(2,3)25-17(23)19-10-12-6-5-7-14(8-12)20-11-13(9-15(20)21)16(22)24-4/h5-8,13H,9-11H2,1-4H3,(H,19,23). The summed E-state index contributed by atoms with van der Waals surface area (Å²) in [6, 6.07) is 7.27. The third-order valence-electron chi connectivity index (χ3n) is 3.72. The zero-order chi connectivity index (χ0) is 18.6. The molecule has 0 spiro atoms. The third kappa shape index (κ3) is 5.20. The number of anilines is 1. The Bertz CT molecular complexity index is 666. The van der Waals surface area contributed by atoms with Gasteiger partial charge in [-0.05, 0) is 38.5 Å². The fraction of sp³-hybridized carbons (Fsp3) is 0.500. The SMILES string of the molecule is COC(=O)C1CC(=O)N(c2cccc(CNC(=O)OC(C)(C)C)c2)C1. The molecule has 0 saturated carbocycles. The lowest BCUT2D eigenvalue weighted by Crippen LogP contribution is -2.32. The van der Waals surface area contributed by atoms with Gasteiger partial charge in [0.1, 0.15) is 5.60 Å². The minimum atomic E-state index is -0.559. The maximum absolute atomic E-state index is 12.2. The van der Waals surface area contributed by atoms with E-state index in [-0.39, 0.29) is 24.8 Å². The van der Waals surface area contributed by atoms with Gasteiger partial charge >= 0.3 is 12.1 Å². The van der Waals surface area contributed by atoms with Crippen LogP contribution in [0.1, 0.15) is 32.8 Å². The quantitative estimate of drug-likeness (QED) is 0.844. The van der Waals surface area contributed by atoms with Crippen LogP contribution in [-0.4, -0.2) is 37.2 Å². The molecule has 0 radical (unpaired) electrons. The monoisotopic (exact) mass is 348 g/mol. The van der Waals surface area contributed by atoms with Gasteiger partial charge in [-0.25, -0.2) is 4.79 Å². The number of rotatable bonds is 4. The van der Waals surface area contributed by atoms with E-state index in [0.717, 1.165) is 5.56 Å². The van der Waals surface area contributed by atoms with E-state index < -0.39 is 17.6 Å². The van der Waals surface area contributed by atoms with Gasteiger partial charge in [-0.15, -0.1) is 0 Å². The normalized spacial score (nSPS) is 17.4. The van der Waals surface area contributed by atoms with Gasteiger partial charge in [0.15, 0.2) is 0 Å². The number of ether oxygens (including phenoxy) is 2. The summed E-state index contributed by atoms with van der Waals surface area (Å²) in [6.45, 7) is 5.97. The summed E-state index contributed by atoms with van der Waals surface area (Å²) in [5.41, 5.74) is 0.967. The van der Waals surface area contributed by atoms with Crippen molar-refractivity contribution in [3.8, 4) is 0 Å². The van der Waals surface area contributed by atoms with Crippen molar-refractivity contribution < 1.29 is 23.9 Å². The average Bonchev–Trinajstić information content (AvgIpc) is 2.93. The first kappa shape index (κ1) is 18.8. The van der Waals surface area contributed by atoms with Crippen LogP contribution in [0.3, 0.4) is 0 Å². The van der Waals surface area contributed by atoms with Gasteiger partial charge in [0.05, 0.1) is 13.0 Å². The van der Waals surface area contributed by atoms with E-state index in [1.54, 1.807) is 37.8 Å². The van der Waals surface area contributed by atoms with Crippen molar-refractivity contribution in [1.29, 1.82) is 0 Å². The minimum Gasteiger partial charge on any atom is -0.469 e. The maximum Gasteiger partial charge on any atom is 0.407 e. The van der Waals surface area contributed by atoms with E-state index in [2.05, 4.69) is 5.32 Å². The number of amides is 2. The van der Waals surface area contributed by atoms with E-state index in [4.69, 9.17) is 9.47 Å². The summed E-state index contributed by atoms with van der Waals surface area (Å²) >= 11 is 0. The van der Waals surface area contributed by atoms with Crippen LogP contribution < -0.4 is 10.2 Å². The number of nitrogens with one attached hydrogen (secondary N) is 1. The minimum absolute atomic E-state index is 0.118. The van der Waals surface area contributed by atoms with E-state index in [9.17, 15) is 14.4 Å². The number of methoxy groups -OCH3 is 1. The van der Waals surface area contributed by atoms with Gasteiger partial charge in [0.2, 0.25) is 5.91 Å². The smallest absolute Gasteiger partial charge is 0.407 e. The van der Waals surface area contributed by atoms with Crippen molar-refractivity contribution in [3.05, 3.63) is 29.8 Å². The lowest BCUT2D eigenvalue weighted by atomic mass is 10.1. The molecule has 0 bridgehead atoms. The second-order valence-corrected chi connectivity index (χ2v) is 6.95. The van der Waals surface area contributed by atoms with E-state index in [1.807, 2.05) is 12.1 Å². The molecule has 7 nitrogen and oxygen atoms in total. The number of carbonyl (C=O) groups excluding carboxylic acids is 3. The second-order valence-electron chi connectivity index (χ2n) is 6.95. The molecule has 1 fully saturated rings. The molecule has 2 rings (SSSR count). The summed E-state index contributed by atoms with van der Waals surface area (Å²) in [6.07, 6.45) is -0.353. The van der Waals surface area contributed by atoms with Crippen LogP contribution in [0, 0.1) is 5.92 Å². The Morgan fingerprint density at radius 1 is 1.32 bits per heavy atom. The Labute approximate surface area is 147 Å². The first-order valence-electron chi connectivity index (χ1n) is 8.13. The number of alkyl carbamates (subject to hydrolysis) is 1. The predicted octanol–water partition coefficient (Wildman–Crippen LogP) is 2.24. The molecule has 1 aromatic rings. The Morgan fingerprint density at radius 2 is 2.04 bits per heavy atom. The highest BCUT2D eigenvalue weighted by molar-refractivity contribution is 5.99. The Morgan fingerprint density at radius 3 is 2.68 bits per heavy atom. The number of esters is 1. The number of carbonyl (C=O) groups is 3. The molecule has 7 heteroatoms. The van der Waals surface area contributed by atoms with Gasteiger partial charge in [0.25, 0.3) is 0 Å². The average molecular weight is 348 g/mol. The molecule has 0 aliphatic carbocycles.